The highest BCUT2D eigenvalue weighted by Crippen LogP contribution is 2.30. The zero-order valence-electron chi connectivity index (χ0n) is 14.1. The van der Waals surface area contributed by atoms with Crippen LogP contribution in [0.4, 0.5) is 13.2 Å². The fourth-order valence-electron chi connectivity index (χ4n) is 2.97. The van der Waals surface area contributed by atoms with E-state index in [0.29, 0.717) is 5.69 Å². The van der Waals surface area contributed by atoms with Crippen molar-refractivity contribution in [1.82, 2.24) is 14.2 Å². The number of sulfonamides is 1. The van der Waals surface area contributed by atoms with Gasteiger partial charge in [-0.3, -0.25) is 9.88 Å². The Morgan fingerprint density at radius 2 is 2.00 bits per heavy atom. The molecule has 1 aromatic rings. The predicted octanol–water partition coefficient (Wildman–Crippen LogP) is 1.91. The summed E-state index contributed by atoms with van der Waals surface area (Å²) in [6.07, 6.45) is -3.16. The molecule has 138 valence electrons. The maximum atomic E-state index is 12.9. The quantitative estimate of drug-likeness (QED) is 0.805. The second-order valence-corrected chi connectivity index (χ2v) is 8.49. The summed E-state index contributed by atoms with van der Waals surface area (Å²) in [6.45, 7) is 3.55. The van der Waals surface area contributed by atoms with Crippen molar-refractivity contribution in [2.75, 3.05) is 26.2 Å². The average molecular weight is 376 g/mol. The van der Waals surface area contributed by atoms with Crippen LogP contribution in [0.1, 0.15) is 25.1 Å². The van der Waals surface area contributed by atoms with Gasteiger partial charge in [0.1, 0.15) is 11.0 Å². The summed E-state index contributed by atoms with van der Waals surface area (Å²) in [5, 5.41) is 9.05. The van der Waals surface area contributed by atoms with Crippen molar-refractivity contribution in [3.05, 3.63) is 23.5 Å². The molecule has 10 heteroatoms. The Morgan fingerprint density at radius 1 is 1.36 bits per heavy atom. The molecule has 0 bridgehead atoms. The highest BCUT2D eigenvalue weighted by atomic mass is 32.2. The molecule has 0 spiro atoms. The number of nitrogens with zero attached hydrogens (tertiary/aromatic N) is 4. The van der Waals surface area contributed by atoms with Gasteiger partial charge in [0.15, 0.2) is 0 Å². The lowest BCUT2D eigenvalue weighted by atomic mass is 10.0. The molecule has 0 amide bonds. The van der Waals surface area contributed by atoms with E-state index in [0.717, 1.165) is 0 Å². The number of hydrogen-bond donors (Lipinski definition) is 0. The summed E-state index contributed by atoms with van der Waals surface area (Å²) in [5.41, 5.74) is -0.467. The molecule has 2 heterocycles. The summed E-state index contributed by atoms with van der Waals surface area (Å²) in [5.74, 6) is 0. The van der Waals surface area contributed by atoms with Gasteiger partial charge in [0.2, 0.25) is 10.0 Å². The first-order valence-electron chi connectivity index (χ1n) is 7.55. The Balaban J connectivity index is 2.30. The minimum Gasteiger partial charge on any atom is -0.292 e. The van der Waals surface area contributed by atoms with Crippen LogP contribution in [0.2, 0.25) is 0 Å². The van der Waals surface area contributed by atoms with Crippen LogP contribution in [0.3, 0.4) is 0 Å². The fourth-order valence-corrected chi connectivity index (χ4v) is 4.71. The topological polar surface area (TPSA) is 77.3 Å². The number of piperazine rings is 1. The molecular weight excluding hydrogens is 357 g/mol. The van der Waals surface area contributed by atoms with Gasteiger partial charge in [-0.15, -0.1) is 0 Å². The first-order chi connectivity index (χ1) is 11.4. The molecule has 2 rings (SSSR count). The van der Waals surface area contributed by atoms with Gasteiger partial charge < -0.3 is 0 Å². The fraction of sp³-hybridized carbons (Fsp3) is 0.600. The molecule has 0 N–H and O–H groups in total. The first kappa shape index (κ1) is 19.6. The SMILES string of the molecule is Cc1ncc(S(=O)(=O)N2CCN(CC(F)(F)F)CC2(C)C)cc1C#N. The summed E-state index contributed by atoms with van der Waals surface area (Å²) in [7, 11) is -3.97. The van der Waals surface area contributed by atoms with Gasteiger partial charge in [-0.25, -0.2) is 8.42 Å². The third kappa shape index (κ3) is 4.29. The highest BCUT2D eigenvalue weighted by Gasteiger charge is 2.44. The normalized spacial score (nSPS) is 19.6. The van der Waals surface area contributed by atoms with Crippen LogP contribution in [0.25, 0.3) is 0 Å². The third-order valence-electron chi connectivity index (χ3n) is 4.08. The zero-order valence-corrected chi connectivity index (χ0v) is 14.9. The van der Waals surface area contributed by atoms with Gasteiger partial charge in [0.25, 0.3) is 0 Å². The van der Waals surface area contributed by atoms with Crippen LogP contribution in [0, 0.1) is 18.3 Å². The van der Waals surface area contributed by atoms with Crippen LogP contribution in [0.5, 0.6) is 0 Å². The number of aryl methyl sites for hydroxylation is 1. The molecule has 0 atom stereocenters. The number of hydrogen-bond acceptors (Lipinski definition) is 5. The van der Waals surface area contributed by atoms with Crippen LogP contribution < -0.4 is 0 Å². The van der Waals surface area contributed by atoms with Gasteiger partial charge >= 0.3 is 6.18 Å². The number of pyridine rings is 1. The van der Waals surface area contributed by atoms with E-state index in [1.165, 1.54) is 21.5 Å². The van der Waals surface area contributed by atoms with E-state index in [1.54, 1.807) is 20.8 Å². The zero-order chi connectivity index (χ0) is 19.0. The molecule has 6 nitrogen and oxygen atoms in total. The van der Waals surface area contributed by atoms with Crippen molar-refractivity contribution >= 4 is 10.0 Å². The minimum absolute atomic E-state index is 0.0213. The predicted molar refractivity (Wildman–Crippen MR) is 84.2 cm³/mol. The van der Waals surface area contributed by atoms with Crippen molar-refractivity contribution in [2.45, 2.75) is 37.4 Å². The number of alkyl halides is 3. The lowest BCUT2D eigenvalue weighted by molar-refractivity contribution is -0.152. The second kappa shape index (κ2) is 6.55. The van der Waals surface area contributed by atoms with Gasteiger partial charge in [0, 0.05) is 31.4 Å². The van der Waals surface area contributed by atoms with Gasteiger partial charge in [0.05, 0.1) is 17.8 Å². The third-order valence-corrected chi connectivity index (χ3v) is 6.15. The van der Waals surface area contributed by atoms with Crippen molar-refractivity contribution in [2.24, 2.45) is 0 Å². The number of rotatable bonds is 3. The van der Waals surface area contributed by atoms with Crippen LogP contribution in [-0.2, 0) is 10.0 Å². The number of halogens is 3. The maximum absolute atomic E-state index is 12.9. The van der Waals surface area contributed by atoms with E-state index >= 15 is 0 Å². The Hall–Kier alpha value is -1.70. The average Bonchev–Trinajstić information content (AvgIpc) is 2.44. The molecule has 1 saturated heterocycles. The molecule has 25 heavy (non-hydrogen) atoms. The molecule has 0 unspecified atom stereocenters. The standard InChI is InChI=1S/C15H19F3N4O2S/c1-11-12(7-19)6-13(8-20-11)25(23,24)22-5-4-21(9-14(22,2)3)10-15(16,17)18/h6,8H,4-5,9-10H2,1-3H3. The van der Waals surface area contributed by atoms with Crippen molar-refractivity contribution in [3.63, 3.8) is 0 Å². The van der Waals surface area contributed by atoms with E-state index in [9.17, 15) is 21.6 Å². The Morgan fingerprint density at radius 3 is 2.52 bits per heavy atom. The van der Waals surface area contributed by atoms with Crippen molar-refractivity contribution in [3.8, 4) is 6.07 Å². The van der Waals surface area contributed by atoms with E-state index in [1.807, 2.05) is 6.07 Å². The van der Waals surface area contributed by atoms with Crippen LogP contribution >= 0.6 is 0 Å². The summed E-state index contributed by atoms with van der Waals surface area (Å²) < 4.78 is 64.8. The molecule has 1 aliphatic heterocycles. The smallest absolute Gasteiger partial charge is 0.292 e. The van der Waals surface area contributed by atoms with Gasteiger partial charge in [-0.1, -0.05) is 0 Å². The molecule has 1 aliphatic rings. The molecular formula is C15H19F3N4O2S. The maximum Gasteiger partial charge on any atom is 0.401 e. The van der Waals surface area contributed by atoms with Crippen LogP contribution in [0.15, 0.2) is 17.2 Å². The molecule has 0 aromatic carbocycles. The highest BCUT2D eigenvalue weighted by molar-refractivity contribution is 7.89. The molecule has 0 aliphatic carbocycles. The second-order valence-electron chi connectivity index (χ2n) is 6.63. The monoisotopic (exact) mass is 376 g/mol. The van der Waals surface area contributed by atoms with E-state index in [-0.39, 0.29) is 30.1 Å². The van der Waals surface area contributed by atoms with E-state index < -0.39 is 28.3 Å². The number of nitriles is 1. The van der Waals surface area contributed by atoms with Crippen LogP contribution in [-0.4, -0.2) is 60.5 Å². The summed E-state index contributed by atoms with van der Waals surface area (Å²) in [4.78, 5) is 5.00. The van der Waals surface area contributed by atoms with Gasteiger partial charge in [-0.2, -0.15) is 22.7 Å². The Kier molecular flexibility index (Phi) is 5.14. The lowest BCUT2D eigenvalue weighted by Crippen LogP contribution is -2.61. The Labute approximate surface area is 144 Å². The molecule has 1 fully saturated rings. The lowest BCUT2D eigenvalue weighted by Gasteiger charge is -2.46. The number of aromatic nitrogens is 1. The summed E-state index contributed by atoms with van der Waals surface area (Å²) >= 11 is 0. The largest absolute Gasteiger partial charge is 0.401 e. The molecule has 0 saturated carbocycles. The summed E-state index contributed by atoms with van der Waals surface area (Å²) in [6, 6.07) is 3.13. The van der Waals surface area contributed by atoms with E-state index in [4.69, 9.17) is 5.26 Å². The van der Waals surface area contributed by atoms with Crippen molar-refractivity contribution in [1.29, 1.82) is 5.26 Å². The Bertz CT molecular complexity index is 800. The van der Waals surface area contributed by atoms with E-state index in [2.05, 4.69) is 4.98 Å². The van der Waals surface area contributed by atoms with Crippen molar-refractivity contribution < 1.29 is 21.6 Å². The molecule has 0 radical (unpaired) electrons. The van der Waals surface area contributed by atoms with Gasteiger partial charge in [-0.05, 0) is 26.8 Å². The molecule has 1 aromatic heterocycles. The first-order valence-corrected chi connectivity index (χ1v) is 8.99. The minimum atomic E-state index is -4.33.